The van der Waals surface area contributed by atoms with Crippen LogP contribution in [0.15, 0.2) is 34.5 Å². The third-order valence-corrected chi connectivity index (χ3v) is 4.97. The molecule has 0 bridgehead atoms. The van der Waals surface area contributed by atoms with Gasteiger partial charge in [0, 0.05) is 12.7 Å². The molecule has 2 aliphatic heterocycles. The highest BCUT2D eigenvalue weighted by atomic mass is 35.5. The van der Waals surface area contributed by atoms with Crippen LogP contribution in [0.3, 0.4) is 0 Å². The lowest BCUT2D eigenvalue weighted by atomic mass is 10.1. The number of thioether (sulfide) groups is 1. The number of hydrogen-bond donors (Lipinski definition) is 0. The molecule has 0 fully saturated rings. The van der Waals surface area contributed by atoms with Crippen LogP contribution in [0, 0.1) is 0 Å². The SMILES string of the molecule is CSc1ncc2c(n1)N1CCN=C1N(c1c(Cl)cccc1Cl)C2=O. The predicted octanol–water partition coefficient (Wildman–Crippen LogP) is 3.34. The van der Waals surface area contributed by atoms with Gasteiger partial charge in [0.25, 0.3) is 5.91 Å². The summed E-state index contributed by atoms with van der Waals surface area (Å²) in [5, 5.41) is 1.38. The number of hydrogen-bond acceptors (Lipinski definition) is 6. The molecule has 0 radical (unpaired) electrons. The van der Waals surface area contributed by atoms with Crippen LogP contribution < -0.4 is 9.80 Å². The Morgan fingerprint density at radius 2 is 2.00 bits per heavy atom. The fraction of sp³-hybridized carbons (Fsp3) is 0.200. The highest BCUT2D eigenvalue weighted by Gasteiger charge is 2.41. The Morgan fingerprint density at radius 3 is 2.71 bits per heavy atom. The molecule has 0 atom stereocenters. The lowest BCUT2D eigenvalue weighted by Crippen LogP contribution is -2.51. The Hall–Kier alpha value is -1.83. The minimum atomic E-state index is -0.287. The fourth-order valence-corrected chi connectivity index (χ4v) is 3.66. The average molecular weight is 380 g/mol. The number of halogens is 2. The largest absolute Gasteiger partial charge is 0.294 e. The molecule has 0 saturated carbocycles. The zero-order chi connectivity index (χ0) is 16.8. The second-order valence-electron chi connectivity index (χ2n) is 5.14. The first-order valence-corrected chi connectivity index (χ1v) is 9.11. The molecule has 9 heteroatoms. The van der Waals surface area contributed by atoms with E-state index in [9.17, 15) is 4.79 Å². The van der Waals surface area contributed by atoms with E-state index in [0.29, 0.717) is 51.3 Å². The number of fused-ring (bicyclic) bond motifs is 3. The molecule has 2 aliphatic rings. The molecule has 0 aliphatic carbocycles. The van der Waals surface area contributed by atoms with Crippen molar-refractivity contribution >= 4 is 58.3 Å². The van der Waals surface area contributed by atoms with E-state index in [1.54, 1.807) is 24.4 Å². The standard InChI is InChI=1S/C15H11Cl2N5OS/c1-24-14-19-7-8-12(20-14)21-6-5-18-15(21)22(13(8)23)11-9(16)3-2-4-10(11)17/h2-4,7H,5-6H2,1H3. The molecule has 24 heavy (non-hydrogen) atoms. The van der Waals surface area contributed by atoms with Crippen molar-refractivity contribution in [2.24, 2.45) is 4.99 Å². The summed E-state index contributed by atoms with van der Waals surface area (Å²) >= 11 is 14.0. The summed E-state index contributed by atoms with van der Waals surface area (Å²) in [6.45, 7) is 1.21. The van der Waals surface area contributed by atoms with Crippen LogP contribution in [-0.2, 0) is 0 Å². The van der Waals surface area contributed by atoms with Gasteiger partial charge in [0.05, 0.1) is 22.3 Å². The van der Waals surface area contributed by atoms with Gasteiger partial charge in [-0.3, -0.25) is 14.7 Å². The Labute approximate surface area is 152 Å². The van der Waals surface area contributed by atoms with E-state index in [0.717, 1.165) is 0 Å². The van der Waals surface area contributed by atoms with E-state index >= 15 is 0 Å². The molecule has 4 rings (SSSR count). The molecule has 1 aromatic heterocycles. The molecule has 2 aromatic rings. The molecule has 1 amide bonds. The number of nitrogens with zero attached hydrogens (tertiary/aromatic N) is 5. The van der Waals surface area contributed by atoms with E-state index < -0.39 is 0 Å². The van der Waals surface area contributed by atoms with Gasteiger partial charge in [-0.2, -0.15) is 0 Å². The average Bonchev–Trinajstić information content (AvgIpc) is 3.06. The van der Waals surface area contributed by atoms with Gasteiger partial charge in [0.1, 0.15) is 5.56 Å². The van der Waals surface area contributed by atoms with Crippen molar-refractivity contribution in [3.8, 4) is 0 Å². The van der Waals surface area contributed by atoms with Gasteiger partial charge >= 0.3 is 0 Å². The Balaban J connectivity index is 1.93. The molecule has 0 saturated heterocycles. The maximum atomic E-state index is 13.1. The number of aromatic nitrogens is 2. The number of amides is 1. The van der Waals surface area contributed by atoms with Crippen LogP contribution in [0.2, 0.25) is 10.0 Å². The molecule has 0 unspecified atom stereocenters. The summed E-state index contributed by atoms with van der Waals surface area (Å²) in [6.07, 6.45) is 3.44. The first-order chi connectivity index (χ1) is 11.6. The third kappa shape index (κ3) is 2.27. The summed E-state index contributed by atoms with van der Waals surface area (Å²) < 4.78 is 0. The smallest absolute Gasteiger partial charge is 0.270 e. The maximum absolute atomic E-state index is 13.1. The molecule has 1 aromatic carbocycles. The normalized spacial score (nSPS) is 16.1. The quantitative estimate of drug-likeness (QED) is 0.591. The van der Waals surface area contributed by atoms with Gasteiger partial charge in [0.2, 0.25) is 5.96 Å². The molecule has 0 spiro atoms. The first kappa shape index (κ1) is 15.7. The molecule has 0 N–H and O–H groups in total. The van der Waals surface area contributed by atoms with Gasteiger partial charge in [-0.15, -0.1) is 0 Å². The number of benzene rings is 1. The van der Waals surface area contributed by atoms with Crippen molar-refractivity contribution in [3.63, 3.8) is 0 Å². The van der Waals surface area contributed by atoms with Gasteiger partial charge < -0.3 is 0 Å². The summed E-state index contributed by atoms with van der Waals surface area (Å²) in [6, 6.07) is 5.12. The van der Waals surface area contributed by atoms with Crippen molar-refractivity contribution in [2.75, 3.05) is 29.1 Å². The second-order valence-corrected chi connectivity index (χ2v) is 6.73. The van der Waals surface area contributed by atoms with Gasteiger partial charge in [-0.1, -0.05) is 41.0 Å². The fourth-order valence-electron chi connectivity index (χ4n) is 2.76. The van der Waals surface area contributed by atoms with E-state index in [1.807, 2.05) is 11.2 Å². The zero-order valence-corrected chi connectivity index (χ0v) is 14.9. The van der Waals surface area contributed by atoms with Crippen molar-refractivity contribution in [1.29, 1.82) is 0 Å². The number of carbonyl (C=O) groups is 1. The predicted molar refractivity (Wildman–Crippen MR) is 96.7 cm³/mol. The maximum Gasteiger partial charge on any atom is 0.270 e. The van der Waals surface area contributed by atoms with Gasteiger partial charge in [-0.25, -0.2) is 14.9 Å². The van der Waals surface area contributed by atoms with E-state index in [-0.39, 0.29) is 5.91 Å². The van der Waals surface area contributed by atoms with E-state index in [4.69, 9.17) is 23.2 Å². The summed E-state index contributed by atoms with van der Waals surface area (Å²) in [5.74, 6) is 0.785. The van der Waals surface area contributed by atoms with Gasteiger partial charge in [0.15, 0.2) is 11.0 Å². The van der Waals surface area contributed by atoms with Crippen molar-refractivity contribution in [3.05, 3.63) is 40.0 Å². The van der Waals surface area contributed by atoms with Crippen molar-refractivity contribution < 1.29 is 4.79 Å². The summed E-state index contributed by atoms with van der Waals surface area (Å²) in [7, 11) is 0. The first-order valence-electron chi connectivity index (χ1n) is 7.13. The van der Waals surface area contributed by atoms with Crippen LogP contribution in [0.1, 0.15) is 10.4 Å². The monoisotopic (exact) mass is 379 g/mol. The number of para-hydroxylation sites is 1. The van der Waals surface area contributed by atoms with Gasteiger partial charge in [-0.05, 0) is 18.4 Å². The highest BCUT2D eigenvalue weighted by Crippen LogP contribution is 2.39. The number of carbonyl (C=O) groups excluding carboxylic acids is 1. The van der Waals surface area contributed by atoms with Crippen molar-refractivity contribution in [2.45, 2.75) is 5.16 Å². The van der Waals surface area contributed by atoms with Crippen LogP contribution in [0.5, 0.6) is 0 Å². The molecular weight excluding hydrogens is 369 g/mol. The third-order valence-electron chi connectivity index (χ3n) is 3.80. The molecule has 6 nitrogen and oxygen atoms in total. The Morgan fingerprint density at radius 1 is 1.25 bits per heavy atom. The number of aliphatic imine (C=N–C) groups is 1. The minimum absolute atomic E-state index is 0.287. The zero-order valence-electron chi connectivity index (χ0n) is 12.5. The van der Waals surface area contributed by atoms with Crippen LogP contribution in [0.25, 0.3) is 0 Å². The second kappa shape index (κ2) is 5.91. The summed E-state index contributed by atoms with van der Waals surface area (Å²) in [4.78, 5) is 29.6. The van der Waals surface area contributed by atoms with Crippen molar-refractivity contribution in [1.82, 2.24) is 9.97 Å². The minimum Gasteiger partial charge on any atom is -0.294 e. The van der Waals surface area contributed by atoms with Crippen LogP contribution >= 0.6 is 35.0 Å². The lowest BCUT2D eigenvalue weighted by molar-refractivity contribution is 0.0999. The lowest BCUT2D eigenvalue weighted by Gasteiger charge is -2.35. The van der Waals surface area contributed by atoms with Crippen LogP contribution in [-0.4, -0.2) is 41.2 Å². The molecular formula is C15H11Cl2N5OS. The van der Waals surface area contributed by atoms with Crippen LogP contribution in [0.4, 0.5) is 11.5 Å². The summed E-state index contributed by atoms with van der Waals surface area (Å²) in [5.41, 5.74) is 0.834. The van der Waals surface area contributed by atoms with E-state index in [2.05, 4.69) is 15.0 Å². The topological polar surface area (TPSA) is 61.7 Å². The number of anilines is 2. The number of guanidine groups is 1. The molecule has 3 heterocycles. The Bertz CT molecular complexity index is 868. The Kier molecular flexibility index (Phi) is 3.86. The molecule has 122 valence electrons. The highest BCUT2D eigenvalue weighted by molar-refractivity contribution is 7.98. The number of rotatable bonds is 2. The van der Waals surface area contributed by atoms with E-state index in [1.165, 1.54) is 16.7 Å².